The van der Waals surface area contributed by atoms with Crippen LogP contribution in [0.4, 0.5) is 10.6 Å². The van der Waals surface area contributed by atoms with E-state index in [1.807, 2.05) is 13.8 Å². The van der Waals surface area contributed by atoms with Gasteiger partial charge in [-0.05, 0) is 5.92 Å². The quantitative estimate of drug-likeness (QED) is 0.714. The highest BCUT2D eigenvalue weighted by atomic mass is 35.6. The summed E-state index contributed by atoms with van der Waals surface area (Å²) >= 11 is 16.7. The van der Waals surface area contributed by atoms with Gasteiger partial charge in [0.15, 0.2) is 5.82 Å². The Morgan fingerprint density at radius 3 is 2.72 bits per heavy atom. The molecule has 2 rings (SSSR count). The summed E-state index contributed by atoms with van der Waals surface area (Å²) < 4.78 is 6.22. The van der Waals surface area contributed by atoms with Crippen LogP contribution in [0.3, 0.4) is 0 Å². The van der Waals surface area contributed by atoms with Gasteiger partial charge in [0.25, 0.3) is 0 Å². The van der Waals surface area contributed by atoms with Gasteiger partial charge in [-0.2, -0.15) is 14.9 Å². The summed E-state index contributed by atoms with van der Waals surface area (Å²) in [4.78, 5) is 11.9. The molecule has 138 valence electrons. The maximum atomic E-state index is 11.9. The maximum Gasteiger partial charge on any atom is 0.412 e. The number of aliphatic hydroxyl groups is 1. The first kappa shape index (κ1) is 19.8. The average Bonchev–Trinajstić information content (AvgIpc) is 3.12. The van der Waals surface area contributed by atoms with Gasteiger partial charge in [-0.25, -0.2) is 4.79 Å². The zero-order chi connectivity index (χ0) is 18.6. The summed E-state index contributed by atoms with van der Waals surface area (Å²) in [7, 11) is 0. The van der Waals surface area contributed by atoms with Crippen molar-refractivity contribution in [3.8, 4) is 5.82 Å². The number of carbonyl (C=O) groups is 1. The van der Waals surface area contributed by atoms with Crippen molar-refractivity contribution < 1.29 is 14.6 Å². The minimum absolute atomic E-state index is 0.0358. The Kier molecular flexibility index (Phi) is 6.56. The third kappa shape index (κ3) is 5.78. The number of halogens is 3. The van der Waals surface area contributed by atoms with E-state index in [4.69, 9.17) is 44.6 Å². The molecule has 0 aliphatic rings. The van der Waals surface area contributed by atoms with E-state index in [1.165, 1.54) is 4.68 Å². The number of amides is 1. The van der Waals surface area contributed by atoms with Crippen LogP contribution in [0.5, 0.6) is 0 Å². The van der Waals surface area contributed by atoms with Crippen LogP contribution in [0.2, 0.25) is 0 Å². The third-order valence-electron chi connectivity index (χ3n) is 3.09. The van der Waals surface area contributed by atoms with Crippen LogP contribution in [0.25, 0.3) is 5.82 Å². The molecular formula is C14H18Cl3N5O3. The molecule has 2 aromatic rings. The lowest BCUT2D eigenvalue weighted by Gasteiger charge is -2.12. The molecular weight excluding hydrogens is 393 g/mol. The zero-order valence-electron chi connectivity index (χ0n) is 13.6. The van der Waals surface area contributed by atoms with Crippen LogP contribution in [0.1, 0.15) is 25.5 Å². The summed E-state index contributed by atoms with van der Waals surface area (Å²) in [5, 5.41) is 20.3. The Balaban J connectivity index is 2.22. The van der Waals surface area contributed by atoms with Gasteiger partial charge in [0.2, 0.25) is 3.79 Å². The molecule has 0 saturated carbocycles. The van der Waals surface area contributed by atoms with Crippen molar-refractivity contribution in [3.63, 3.8) is 0 Å². The highest BCUT2D eigenvalue weighted by Gasteiger charge is 2.23. The molecule has 25 heavy (non-hydrogen) atoms. The van der Waals surface area contributed by atoms with Crippen molar-refractivity contribution in [2.75, 3.05) is 18.5 Å². The first-order valence-corrected chi connectivity index (χ1v) is 8.58. The minimum atomic E-state index is -1.69. The smallest absolute Gasteiger partial charge is 0.412 e. The second-order valence-electron chi connectivity index (χ2n) is 5.50. The van der Waals surface area contributed by atoms with E-state index in [0.29, 0.717) is 18.2 Å². The summed E-state index contributed by atoms with van der Waals surface area (Å²) in [5.74, 6) is 0.989. The molecule has 0 bridgehead atoms. The number of anilines is 1. The number of ether oxygens (including phenoxy) is 1. The molecule has 2 aromatic heterocycles. The lowest BCUT2D eigenvalue weighted by Crippen LogP contribution is -2.22. The van der Waals surface area contributed by atoms with E-state index in [-0.39, 0.29) is 19.1 Å². The van der Waals surface area contributed by atoms with Gasteiger partial charge in [0.05, 0.1) is 18.8 Å². The van der Waals surface area contributed by atoms with E-state index >= 15 is 0 Å². The van der Waals surface area contributed by atoms with Crippen LogP contribution in [0, 0.1) is 0 Å². The first-order chi connectivity index (χ1) is 11.7. The SMILES string of the molecule is CC(C)c1cc(NC(=O)OCC(Cl)(Cl)Cl)n(-c2ccn(CCO)n2)n1. The topological polar surface area (TPSA) is 94.2 Å². The number of hydrogen-bond acceptors (Lipinski definition) is 5. The lowest BCUT2D eigenvalue weighted by atomic mass is 10.1. The van der Waals surface area contributed by atoms with Crippen molar-refractivity contribution in [1.82, 2.24) is 19.6 Å². The van der Waals surface area contributed by atoms with Gasteiger partial charge in [0.1, 0.15) is 12.4 Å². The molecule has 11 heteroatoms. The Morgan fingerprint density at radius 2 is 2.12 bits per heavy atom. The summed E-state index contributed by atoms with van der Waals surface area (Å²) in [6, 6.07) is 3.43. The molecule has 2 heterocycles. The molecule has 0 radical (unpaired) electrons. The Bertz CT molecular complexity index is 724. The summed E-state index contributed by atoms with van der Waals surface area (Å²) in [5.41, 5.74) is 0.758. The highest BCUT2D eigenvalue weighted by Crippen LogP contribution is 2.26. The van der Waals surface area contributed by atoms with Crippen LogP contribution < -0.4 is 5.32 Å². The molecule has 0 spiro atoms. The first-order valence-electron chi connectivity index (χ1n) is 7.45. The van der Waals surface area contributed by atoms with Crippen LogP contribution >= 0.6 is 34.8 Å². The predicted molar refractivity (Wildman–Crippen MR) is 95.8 cm³/mol. The molecule has 2 N–H and O–H groups in total. The number of alkyl halides is 3. The zero-order valence-corrected chi connectivity index (χ0v) is 15.9. The van der Waals surface area contributed by atoms with Crippen molar-refractivity contribution >= 4 is 46.7 Å². The summed E-state index contributed by atoms with van der Waals surface area (Å²) in [6.45, 7) is 3.88. The van der Waals surface area contributed by atoms with E-state index in [2.05, 4.69) is 15.5 Å². The van der Waals surface area contributed by atoms with Gasteiger partial charge < -0.3 is 9.84 Å². The molecule has 0 fully saturated rings. The number of rotatable bonds is 6. The Labute approximate surface area is 159 Å². The fraction of sp³-hybridized carbons (Fsp3) is 0.500. The predicted octanol–water partition coefficient (Wildman–Crippen LogP) is 3.10. The summed E-state index contributed by atoms with van der Waals surface area (Å²) in [6.07, 6.45) is 0.922. The van der Waals surface area contributed by atoms with Crippen LogP contribution in [0.15, 0.2) is 18.3 Å². The largest absolute Gasteiger partial charge is 0.445 e. The van der Waals surface area contributed by atoms with Crippen molar-refractivity contribution in [1.29, 1.82) is 0 Å². The fourth-order valence-corrected chi connectivity index (χ4v) is 2.09. The third-order valence-corrected chi connectivity index (χ3v) is 3.42. The second kappa shape index (κ2) is 8.27. The van der Waals surface area contributed by atoms with Crippen LogP contribution in [-0.2, 0) is 11.3 Å². The Hall–Kier alpha value is -1.48. The van der Waals surface area contributed by atoms with Crippen molar-refractivity contribution in [3.05, 3.63) is 24.0 Å². The number of nitrogens with one attached hydrogen (secondary N) is 1. The van der Waals surface area contributed by atoms with Gasteiger partial charge in [-0.1, -0.05) is 48.7 Å². The van der Waals surface area contributed by atoms with Gasteiger partial charge in [0, 0.05) is 18.3 Å². The van der Waals surface area contributed by atoms with Gasteiger partial charge in [-0.3, -0.25) is 10.00 Å². The molecule has 0 aromatic carbocycles. The molecule has 0 aliphatic carbocycles. The fourth-order valence-electron chi connectivity index (χ4n) is 1.92. The lowest BCUT2D eigenvalue weighted by molar-refractivity contribution is 0.163. The van der Waals surface area contributed by atoms with E-state index in [9.17, 15) is 4.79 Å². The van der Waals surface area contributed by atoms with Gasteiger partial charge >= 0.3 is 6.09 Å². The van der Waals surface area contributed by atoms with Crippen LogP contribution in [-0.4, -0.2) is 47.8 Å². The van der Waals surface area contributed by atoms with E-state index in [0.717, 1.165) is 5.69 Å². The average molecular weight is 411 g/mol. The molecule has 0 atom stereocenters. The Morgan fingerprint density at radius 1 is 1.40 bits per heavy atom. The molecule has 0 aliphatic heterocycles. The molecule has 1 amide bonds. The monoisotopic (exact) mass is 409 g/mol. The minimum Gasteiger partial charge on any atom is -0.445 e. The van der Waals surface area contributed by atoms with E-state index in [1.54, 1.807) is 23.0 Å². The standard InChI is InChI=1S/C14H18Cl3N5O3/c1-9(2)10-7-12(18-13(24)25-8-14(15,16)17)22(19-10)11-3-4-21(20-11)5-6-23/h3-4,7,9,23H,5-6,8H2,1-2H3,(H,18,24). The molecule has 8 nitrogen and oxygen atoms in total. The number of carbonyl (C=O) groups excluding carboxylic acids is 1. The molecule has 0 unspecified atom stereocenters. The normalized spacial score (nSPS) is 11.8. The van der Waals surface area contributed by atoms with Crippen molar-refractivity contribution in [2.45, 2.75) is 30.1 Å². The number of aliphatic hydroxyl groups excluding tert-OH is 1. The number of nitrogens with zero attached hydrogens (tertiary/aromatic N) is 4. The van der Waals surface area contributed by atoms with Crippen molar-refractivity contribution in [2.24, 2.45) is 0 Å². The molecule has 0 saturated heterocycles. The maximum absolute atomic E-state index is 11.9. The highest BCUT2D eigenvalue weighted by molar-refractivity contribution is 6.67. The van der Waals surface area contributed by atoms with Gasteiger partial charge in [-0.15, -0.1) is 0 Å². The van der Waals surface area contributed by atoms with E-state index < -0.39 is 9.89 Å². The number of aromatic nitrogens is 4. The number of hydrogen-bond donors (Lipinski definition) is 2. The second-order valence-corrected chi connectivity index (χ2v) is 8.01.